The molecular weight excluding hydrogens is 362 g/mol. The van der Waals surface area contributed by atoms with Gasteiger partial charge in [-0.2, -0.15) is 0 Å². The highest BCUT2D eigenvalue weighted by molar-refractivity contribution is 6.30. The lowest BCUT2D eigenvalue weighted by Gasteiger charge is -2.37. The molecule has 0 radical (unpaired) electrons. The van der Waals surface area contributed by atoms with E-state index in [-0.39, 0.29) is 5.92 Å². The molecule has 2 fully saturated rings. The quantitative estimate of drug-likeness (QED) is 0.810. The van der Waals surface area contributed by atoms with Crippen molar-refractivity contribution in [1.29, 1.82) is 0 Å². The summed E-state index contributed by atoms with van der Waals surface area (Å²) in [5, 5.41) is 9.47. The first-order chi connectivity index (χ1) is 13.1. The van der Waals surface area contributed by atoms with E-state index >= 15 is 0 Å². The molecule has 6 nitrogen and oxygen atoms in total. The topological polar surface area (TPSA) is 54.3 Å². The van der Waals surface area contributed by atoms with E-state index in [0.29, 0.717) is 10.9 Å². The van der Waals surface area contributed by atoms with E-state index in [4.69, 9.17) is 11.6 Å². The molecule has 1 aromatic carbocycles. The number of rotatable bonds is 3. The summed E-state index contributed by atoms with van der Waals surface area (Å²) in [4.78, 5) is 17.0. The van der Waals surface area contributed by atoms with Gasteiger partial charge in [0.15, 0.2) is 5.82 Å². The van der Waals surface area contributed by atoms with Gasteiger partial charge in [0.1, 0.15) is 0 Å². The van der Waals surface area contributed by atoms with Crippen molar-refractivity contribution in [2.45, 2.75) is 32.1 Å². The number of amides is 1. The zero-order valence-corrected chi connectivity index (χ0v) is 16.5. The van der Waals surface area contributed by atoms with Gasteiger partial charge in [-0.1, -0.05) is 30.9 Å². The normalized spacial score (nSPS) is 18.7. The van der Waals surface area contributed by atoms with Crippen molar-refractivity contribution >= 4 is 23.5 Å². The third-order valence-electron chi connectivity index (χ3n) is 5.78. The van der Waals surface area contributed by atoms with Gasteiger partial charge >= 0.3 is 0 Å². The molecule has 27 heavy (non-hydrogen) atoms. The highest BCUT2D eigenvalue weighted by Crippen LogP contribution is 2.27. The van der Waals surface area contributed by atoms with Crippen molar-refractivity contribution in [2.24, 2.45) is 13.0 Å². The number of aromatic nitrogens is 3. The van der Waals surface area contributed by atoms with Crippen LogP contribution in [0.4, 0.5) is 5.95 Å². The minimum absolute atomic E-state index is 0.247. The average molecular weight is 388 g/mol. The van der Waals surface area contributed by atoms with Gasteiger partial charge in [-0.05, 0) is 37.1 Å². The van der Waals surface area contributed by atoms with E-state index in [1.807, 2.05) is 40.8 Å². The Labute approximate surface area is 165 Å². The Kier molecular flexibility index (Phi) is 5.34. The molecule has 2 aromatic rings. The third kappa shape index (κ3) is 3.81. The summed E-state index contributed by atoms with van der Waals surface area (Å²) in [6, 6.07) is 7.63. The molecule has 4 rings (SSSR count). The molecule has 2 aliphatic rings. The first kappa shape index (κ1) is 18.3. The lowest BCUT2D eigenvalue weighted by Crippen LogP contribution is -2.51. The predicted octanol–water partition coefficient (Wildman–Crippen LogP) is 3.36. The number of carbonyl (C=O) groups is 1. The van der Waals surface area contributed by atoms with E-state index in [9.17, 15) is 4.79 Å². The van der Waals surface area contributed by atoms with Gasteiger partial charge in [-0.25, -0.2) is 0 Å². The minimum Gasteiger partial charge on any atom is -0.339 e. The molecule has 1 saturated carbocycles. The number of hydrogen-bond acceptors (Lipinski definition) is 4. The Bertz CT molecular complexity index is 789. The second-order valence-electron chi connectivity index (χ2n) is 7.54. The third-order valence-corrected chi connectivity index (χ3v) is 6.03. The van der Waals surface area contributed by atoms with Crippen LogP contribution in [0.5, 0.6) is 0 Å². The summed E-state index contributed by atoms with van der Waals surface area (Å²) < 4.78 is 2.02. The second kappa shape index (κ2) is 7.89. The summed E-state index contributed by atoms with van der Waals surface area (Å²) in [6.45, 7) is 3.12. The van der Waals surface area contributed by atoms with Crippen LogP contribution in [0.2, 0.25) is 5.02 Å². The fraction of sp³-hybridized carbons (Fsp3) is 0.550. The Balaban J connectivity index is 1.41. The lowest BCUT2D eigenvalue weighted by molar-refractivity contribution is -0.136. The molecule has 0 bridgehead atoms. The molecule has 1 aliphatic carbocycles. The number of carbonyl (C=O) groups excluding carboxylic acids is 1. The molecule has 1 amide bonds. The van der Waals surface area contributed by atoms with Gasteiger partial charge in [0.2, 0.25) is 11.9 Å². The molecule has 1 aliphatic heterocycles. The van der Waals surface area contributed by atoms with Crippen molar-refractivity contribution in [2.75, 3.05) is 31.1 Å². The van der Waals surface area contributed by atoms with Gasteiger partial charge in [0.05, 0.1) is 0 Å². The average Bonchev–Trinajstić information content (AvgIpc) is 3.10. The first-order valence-corrected chi connectivity index (χ1v) is 10.2. The zero-order chi connectivity index (χ0) is 18.8. The van der Waals surface area contributed by atoms with Gasteiger partial charge in [-0.15, -0.1) is 10.2 Å². The van der Waals surface area contributed by atoms with Crippen LogP contribution in [0.15, 0.2) is 24.3 Å². The monoisotopic (exact) mass is 387 g/mol. The van der Waals surface area contributed by atoms with Crippen LogP contribution >= 0.6 is 11.6 Å². The number of nitrogens with zero attached hydrogens (tertiary/aromatic N) is 5. The highest BCUT2D eigenvalue weighted by atomic mass is 35.5. The molecule has 0 unspecified atom stereocenters. The summed E-state index contributed by atoms with van der Waals surface area (Å²) >= 11 is 5.98. The van der Waals surface area contributed by atoms with Crippen LogP contribution in [-0.4, -0.2) is 51.8 Å². The molecule has 2 heterocycles. The predicted molar refractivity (Wildman–Crippen MR) is 107 cm³/mol. The molecule has 144 valence electrons. The lowest BCUT2D eigenvalue weighted by atomic mass is 9.88. The maximum Gasteiger partial charge on any atom is 0.227 e. The maximum atomic E-state index is 12.7. The van der Waals surface area contributed by atoms with Crippen LogP contribution in [0.25, 0.3) is 11.4 Å². The fourth-order valence-corrected chi connectivity index (χ4v) is 4.31. The molecule has 0 spiro atoms. The highest BCUT2D eigenvalue weighted by Gasteiger charge is 2.29. The number of hydrogen-bond donors (Lipinski definition) is 0. The Morgan fingerprint density at radius 2 is 1.67 bits per heavy atom. The smallest absolute Gasteiger partial charge is 0.227 e. The van der Waals surface area contributed by atoms with E-state index in [1.165, 1.54) is 19.3 Å². The first-order valence-electron chi connectivity index (χ1n) is 9.82. The Morgan fingerprint density at radius 3 is 2.33 bits per heavy atom. The number of piperazine rings is 1. The van der Waals surface area contributed by atoms with Crippen molar-refractivity contribution in [3.8, 4) is 11.4 Å². The Morgan fingerprint density at radius 1 is 1.00 bits per heavy atom. The van der Waals surface area contributed by atoms with E-state index < -0.39 is 0 Å². The molecular formula is C20H26ClN5O. The summed E-state index contributed by atoms with van der Waals surface area (Å²) in [7, 11) is 1.98. The largest absolute Gasteiger partial charge is 0.339 e. The molecule has 7 heteroatoms. The Hall–Kier alpha value is -2.08. The van der Waals surface area contributed by atoms with E-state index in [1.54, 1.807) is 0 Å². The van der Waals surface area contributed by atoms with Gasteiger partial charge in [0, 0.05) is 49.7 Å². The standard InChI is InChI=1S/C20H26ClN5O/c1-24-18(15-7-9-17(21)10-8-15)22-23-20(24)26-13-11-25(12-14-26)19(27)16-5-3-2-4-6-16/h7-10,16H,2-6,11-14H2,1H3. The van der Waals surface area contributed by atoms with Crippen molar-refractivity contribution in [1.82, 2.24) is 19.7 Å². The van der Waals surface area contributed by atoms with Crippen LogP contribution in [0.1, 0.15) is 32.1 Å². The molecule has 1 saturated heterocycles. The summed E-state index contributed by atoms with van der Waals surface area (Å²) in [6.07, 6.45) is 5.80. The number of benzene rings is 1. The SMILES string of the molecule is Cn1c(-c2ccc(Cl)cc2)nnc1N1CCN(C(=O)C2CCCCC2)CC1. The van der Waals surface area contributed by atoms with Gasteiger partial charge in [0.25, 0.3) is 0 Å². The van der Waals surface area contributed by atoms with Crippen molar-refractivity contribution in [3.05, 3.63) is 29.3 Å². The minimum atomic E-state index is 0.247. The van der Waals surface area contributed by atoms with Gasteiger partial charge < -0.3 is 9.80 Å². The molecule has 1 aromatic heterocycles. The van der Waals surface area contributed by atoms with Crippen molar-refractivity contribution in [3.63, 3.8) is 0 Å². The second-order valence-corrected chi connectivity index (χ2v) is 7.97. The van der Waals surface area contributed by atoms with Crippen LogP contribution in [-0.2, 0) is 11.8 Å². The fourth-order valence-electron chi connectivity index (χ4n) is 4.18. The maximum absolute atomic E-state index is 12.7. The summed E-state index contributed by atoms with van der Waals surface area (Å²) in [5.74, 6) is 2.28. The van der Waals surface area contributed by atoms with Gasteiger partial charge in [-0.3, -0.25) is 9.36 Å². The van der Waals surface area contributed by atoms with E-state index in [2.05, 4.69) is 15.1 Å². The number of halogens is 1. The van der Waals surface area contributed by atoms with Crippen LogP contribution in [0.3, 0.4) is 0 Å². The summed E-state index contributed by atoms with van der Waals surface area (Å²) in [5.41, 5.74) is 0.992. The number of anilines is 1. The van der Waals surface area contributed by atoms with Crippen LogP contribution in [0, 0.1) is 5.92 Å². The zero-order valence-electron chi connectivity index (χ0n) is 15.8. The molecule has 0 atom stereocenters. The van der Waals surface area contributed by atoms with Crippen LogP contribution < -0.4 is 4.90 Å². The molecule has 0 N–H and O–H groups in total. The van der Waals surface area contributed by atoms with E-state index in [0.717, 1.165) is 56.4 Å². The van der Waals surface area contributed by atoms with Crippen molar-refractivity contribution < 1.29 is 4.79 Å².